The van der Waals surface area contributed by atoms with Crippen molar-refractivity contribution in [3.63, 3.8) is 0 Å². The summed E-state index contributed by atoms with van der Waals surface area (Å²) in [5.74, 6) is 1.65. The molecule has 2 aliphatic rings. The molecule has 2 fully saturated rings. The first-order valence-electron chi connectivity index (χ1n) is 11.6. The number of carbonyl (C=O) groups is 2. The van der Waals surface area contributed by atoms with Gasteiger partial charge in [0.2, 0.25) is 11.8 Å². The molecule has 174 valence electrons. The molecule has 0 aliphatic carbocycles. The number of hydrogen-bond acceptors (Lipinski definition) is 4. The second kappa shape index (κ2) is 10.6. The summed E-state index contributed by atoms with van der Waals surface area (Å²) in [6, 6.07) is 15.6. The molecule has 6 heteroatoms. The molecule has 2 aromatic carbocycles. The molecule has 0 N–H and O–H groups in total. The van der Waals surface area contributed by atoms with Gasteiger partial charge in [-0.3, -0.25) is 9.59 Å². The van der Waals surface area contributed by atoms with Gasteiger partial charge in [0.05, 0.1) is 20.3 Å². The third-order valence-corrected chi connectivity index (χ3v) is 6.71. The van der Waals surface area contributed by atoms with Gasteiger partial charge in [0, 0.05) is 43.3 Å². The molecule has 0 saturated carbocycles. The maximum absolute atomic E-state index is 13.4. The summed E-state index contributed by atoms with van der Waals surface area (Å²) in [5.41, 5.74) is 2.03. The Morgan fingerprint density at radius 2 is 1.70 bits per heavy atom. The first kappa shape index (κ1) is 22.9. The van der Waals surface area contributed by atoms with E-state index in [9.17, 15) is 9.59 Å². The SMILES string of the molecule is COc1ccc(C2CCCN2C(=O)C2CCN(C(=O)C=Cc3ccccc3)CC2)c(OC)c1. The Bertz CT molecular complexity index is 996. The van der Waals surface area contributed by atoms with Gasteiger partial charge in [-0.1, -0.05) is 30.3 Å². The van der Waals surface area contributed by atoms with Crippen LogP contribution in [0.2, 0.25) is 0 Å². The number of methoxy groups -OCH3 is 2. The Balaban J connectivity index is 1.37. The van der Waals surface area contributed by atoms with Crippen molar-refractivity contribution in [2.75, 3.05) is 33.9 Å². The van der Waals surface area contributed by atoms with Crippen molar-refractivity contribution in [2.45, 2.75) is 31.7 Å². The largest absolute Gasteiger partial charge is 0.497 e. The maximum Gasteiger partial charge on any atom is 0.246 e. The summed E-state index contributed by atoms with van der Waals surface area (Å²) in [6.45, 7) is 1.98. The molecule has 33 heavy (non-hydrogen) atoms. The van der Waals surface area contributed by atoms with Gasteiger partial charge in [-0.25, -0.2) is 0 Å². The van der Waals surface area contributed by atoms with Crippen LogP contribution >= 0.6 is 0 Å². The zero-order valence-electron chi connectivity index (χ0n) is 19.4. The summed E-state index contributed by atoms with van der Waals surface area (Å²) in [5, 5.41) is 0. The molecule has 2 saturated heterocycles. The highest BCUT2D eigenvalue weighted by Gasteiger charge is 2.37. The van der Waals surface area contributed by atoms with Crippen molar-refractivity contribution >= 4 is 17.9 Å². The van der Waals surface area contributed by atoms with Gasteiger partial charge < -0.3 is 19.3 Å². The number of ether oxygens (including phenoxy) is 2. The number of piperidine rings is 1. The zero-order chi connectivity index (χ0) is 23.2. The minimum absolute atomic E-state index is 0.00627. The zero-order valence-corrected chi connectivity index (χ0v) is 19.4. The molecule has 2 aliphatic heterocycles. The Morgan fingerprint density at radius 3 is 2.39 bits per heavy atom. The van der Waals surface area contributed by atoms with E-state index in [0.717, 1.165) is 42.0 Å². The number of hydrogen-bond donors (Lipinski definition) is 0. The fourth-order valence-corrected chi connectivity index (χ4v) is 4.87. The summed E-state index contributed by atoms with van der Waals surface area (Å²) >= 11 is 0. The summed E-state index contributed by atoms with van der Waals surface area (Å²) in [7, 11) is 3.28. The smallest absolute Gasteiger partial charge is 0.246 e. The Kier molecular flexibility index (Phi) is 7.33. The van der Waals surface area contributed by atoms with E-state index in [-0.39, 0.29) is 23.8 Å². The van der Waals surface area contributed by atoms with Crippen LogP contribution in [0.15, 0.2) is 54.6 Å². The first-order valence-corrected chi connectivity index (χ1v) is 11.6. The fourth-order valence-electron chi connectivity index (χ4n) is 4.87. The van der Waals surface area contributed by atoms with Gasteiger partial charge in [-0.15, -0.1) is 0 Å². The third-order valence-electron chi connectivity index (χ3n) is 6.71. The Labute approximate surface area is 195 Å². The van der Waals surface area contributed by atoms with Crippen LogP contribution in [0.3, 0.4) is 0 Å². The van der Waals surface area contributed by atoms with Crippen LogP contribution < -0.4 is 9.47 Å². The lowest BCUT2D eigenvalue weighted by molar-refractivity contribution is -0.140. The lowest BCUT2D eigenvalue weighted by Gasteiger charge is -2.35. The number of nitrogens with zero attached hydrogens (tertiary/aromatic N) is 2. The molecule has 0 bridgehead atoms. The van der Waals surface area contributed by atoms with Crippen LogP contribution in [0.25, 0.3) is 6.08 Å². The van der Waals surface area contributed by atoms with Crippen LogP contribution in [0, 0.1) is 5.92 Å². The molecule has 2 heterocycles. The molecule has 2 amide bonds. The summed E-state index contributed by atoms with van der Waals surface area (Å²) in [6.07, 6.45) is 6.78. The van der Waals surface area contributed by atoms with Gasteiger partial charge in [-0.05, 0) is 49.5 Å². The minimum Gasteiger partial charge on any atom is -0.497 e. The molecule has 0 aromatic heterocycles. The Morgan fingerprint density at radius 1 is 0.939 bits per heavy atom. The van der Waals surface area contributed by atoms with Crippen molar-refractivity contribution in [1.82, 2.24) is 9.80 Å². The lowest BCUT2D eigenvalue weighted by Crippen LogP contribution is -2.43. The second-order valence-corrected chi connectivity index (χ2v) is 8.64. The van der Waals surface area contributed by atoms with Gasteiger partial charge in [0.1, 0.15) is 11.5 Å². The maximum atomic E-state index is 13.4. The molecular formula is C27H32N2O4. The van der Waals surface area contributed by atoms with Crippen LogP contribution in [0.5, 0.6) is 11.5 Å². The molecule has 2 aromatic rings. The second-order valence-electron chi connectivity index (χ2n) is 8.64. The van der Waals surface area contributed by atoms with E-state index in [1.807, 2.05) is 64.4 Å². The lowest BCUT2D eigenvalue weighted by atomic mass is 9.94. The summed E-state index contributed by atoms with van der Waals surface area (Å²) in [4.78, 5) is 29.9. The fraction of sp³-hybridized carbons (Fsp3) is 0.407. The van der Waals surface area contributed by atoms with Crippen LogP contribution in [-0.4, -0.2) is 55.5 Å². The predicted molar refractivity (Wildman–Crippen MR) is 128 cm³/mol. The van der Waals surface area contributed by atoms with E-state index in [2.05, 4.69) is 0 Å². The van der Waals surface area contributed by atoms with Crippen molar-refractivity contribution in [1.29, 1.82) is 0 Å². The van der Waals surface area contributed by atoms with Crippen molar-refractivity contribution in [2.24, 2.45) is 5.92 Å². The number of carbonyl (C=O) groups excluding carboxylic acids is 2. The monoisotopic (exact) mass is 448 g/mol. The highest BCUT2D eigenvalue weighted by atomic mass is 16.5. The Hall–Kier alpha value is -3.28. The van der Waals surface area contributed by atoms with Gasteiger partial charge in [-0.2, -0.15) is 0 Å². The number of benzene rings is 2. The van der Waals surface area contributed by atoms with E-state index < -0.39 is 0 Å². The van der Waals surface area contributed by atoms with E-state index >= 15 is 0 Å². The van der Waals surface area contributed by atoms with E-state index in [4.69, 9.17) is 9.47 Å². The normalized spacial score (nSPS) is 19.2. The average molecular weight is 449 g/mol. The molecule has 1 atom stereocenters. The van der Waals surface area contributed by atoms with E-state index in [1.54, 1.807) is 20.3 Å². The number of rotatable bonds is 6. The molecule has 4 rings (SSSR count). The first-order chi connectivity index (χ1) is 16.1. The van der Waals surface area contributed by atoms with Crippen LogP contribution in [0.1, 0.15) is 42.9 Å². The van der Waals surface area contributed by atoms with Crippen LogP contribution in [-0.2, 0) is 9.59 Å². The highest BCUT2D eigenvalue weighted by molar-refractivity contribution is 5.92. The summed E-state index contributed by atoms with van der Waals surface area (Å²) < 4.78 is 10.9. The third kappa shape index (κ3) is 5.21. The molecule has 0 radical (unpaired) electrons. The van der Waals surface area contributed by atoms with E-state index in [1.165, 1.54) is 0 Å². The van der Waals surface area contributed by atoms with Gasteiger partial charge in [0.25, 0.3) is 0 Å². The number of likely N-dealkylation sites (tertiary alicyclic amines) is 2. The van der Waals surface area contributed by atoms with Crippen molar-refractivity contribution < 1.29 is 19.1 Å². The standard InChI is InChI=1S/C27H32N2O4/c1-32-22-11-12-23(25(19-22)33-2)24-9-6-16-29(24)27(31)21-14-17-28(18-15-21)26(30)13-10-20-7-4-3-5-8-20/h3-5,7-8,10-13,19,21,24H,6,9,14-18H2,1-2H3. The van der Waals surface area contributed by atoms with Crippen molar-refractivity contribution in [3.8, 4) is 11.5 Å². The molecule has 1 unspecified atom stereocenters. The molecule has 0 spiro atoms. The number of amides is 2. The quantitative estimate of drug-likeness (QED) is 0.618. The van der Waals surface area contributed by atoms with Crippen molar-refractivity contribution in [3.05, 3.63) is 65.7 Å². The highest BCUT2D eigenvalue weighted by Crippen LogP contribution is 2.40. The topological polar surface area (TPSA) is 59.1 Å². The van der Waals surface area contributed by atoms with Gasteiger partial charge in [0.15, 0.2) is 0 Å². The van der Waals surface area contributed by atoms with Crippen LogP contribution in [0.4, 0.5) is 0 Å². The van der Waals surface area contributed by atoms with Gasteiger partial charge >= 0.3 is 0 Å². The predicted octanol–water partition coefficient (Wildman–Crippen LogP) is 4.32. The van der Waals surface area contributed by atoms with E-state index in [0.29, 0.717) is 25.9 Å². The molecular weight excluding hydrogens is 416 g/mol. The average Bonchev–Trinajstić information content (AvgIpc) is 3.36. The minimum atomic E-state index is -0.0444. The molecule has 6 nitrogen and oxygen atoms in total.